The largest absolute Gasteiger partial charge is 0.494 e. The Morgan fingerprint density at radius 3 is 1.89 bits per heavy atom. The monoisotopic (exact) mass is 251 g/mol. The molecule has 1 saturated heterocycles. The molecule has 0 amide bonds. The summed E-state index contributed by atoms with van der Waals surface area (Å²) in [5.74, 6) is 0. The second-order valence-electron chi connectivity index (χ2n) is 5.19. The minimum Gasteiger partial charge on any atom is -0.399 e. The van der Waals surface area contributed by atoms with Gasteiger partial charge in [-0.25, -0.2) is 0 Å². The Hall–Kier alpha value is -0.905. The summed E-state index contributed by atoms with van der Waals surface area (Å²) in [7, 11) is -0.280. The van der Waals surface area contributed by atoms with Crippen molar-refractivity contribution >= 4 is 12.6 Å². The second-order valence-corrected chi connectivity index (χ2v) is 5.19. The van der Waals surface area contributed by atoms with Gasteiger partial charge in [0.2, 0.25) is 0 Å². The molecule has 0 aliphatic carbocycles. The first kappa shape index (κ1) is 15.2. The maximum Gasteiger partial charge on any atom is 0.494 e. The van der Waals surface area contributed by atoms with Crippen LogP contribution in [0.15, 0.2) is 24.5 Å². The third-order valence-corrected chi connectivity index (χ3v) is 3.23. The molecule has 0 radical (unpaired) electrons. The highest BCUT2D eigenvalue weighted by molar-refractivity contribution is 6.62. The highest BCUT2D eigenvalue weighted by atomic mass is 16.7. The Morgan fingerprint density at radius 2 is 1.50 bits per heavy atom. The first-order valence-corrected chi connectivity index (χ1v) is 6.20. The van der Waals surface area contributed by atoms with E-state index in [4.69, 9.17) is 14.4 Å². The van der Waals surface area contributed by atoms with Gasteiger partial charge in [0.25, 0.3) is 0 Å². The summed E-state index contributed by atoms with van der Waals surface area (Å²) < 4.78 is 11.8. The van der Waals surface area contributed by atoms with Crippen molar-refractivity contribution in [2.75, 3.05) is 6.61 Å². The van der Waals surface area contributed by atoms with Gasteiger partial charge in [0.1, 0.15) is 0 Å². The summed E-state index contributed by atoms with van der Waals surface area (Å²) in [6.45, 7) is 10.1. The van der Waals surface area contributed by atoms with Crippen LogP contribution in [-0.2, 0) is 9.31 Å². The van der Waals surface area contributed by atoms with E-state index in [-0.39, 0.29) is 24.9 Å². The van der Waals surface area contributed by atoms with Gasteiger partial charge < -0.3 is 14.4 Å². The maximum absolute atomic E-state index is 7.57. The number of hydrogen-bond donors (Lipinski definition) is 1. The predicted octanol–water partition coefficient (Wildman–Crippen LogP) is 1.38. The Kier molecular flexibility index (Phi) is 4.90. The summed E-state index contributed by atoms with van der Waals surface area (Å²) in [6, 6.07) is 3.84. The van der Waals surface area contributed by atoms with E-state index >= 15 is 0 Å². The fraction of sp³-hybridized carbons (Fsp3) is 0.615. The Balaban J connectivity index is 0.000000492. The van der Waals surface area contributed by atoms with Gasteiger partial charge in [-0.15, -0.1) is 0 Å². The number of aromatic nitrogens is 1. The lowest BCUT2D eigenvalue weighted by molar-refractivity contribution is 0.00578. The van der Waals surface area contributed by atoms with Crippen LogP contribution in [0.4, 0.5) is 0 Å². The third-order valence-electron chi connectivity index (χ3n) is 3.23. The van der Waals surface area contributed by atoms with Gasteiger partial charge in [0.15, 0.2) is 0 Å². The van der Waals surface area contributed by atoms with Crippen molar-refractivity contribution in [3.8, 4) is 0 Å². The van der Waals surface area contributed by atoms with E-state index in [2.05, 4.69) is 4.98 Å². The van der Waals surface area contributed by atoms with Gasteiger partial charge in [-0.05, 0) is 52.2 Å². The van der Waals surface area contributed by atoms with E-state index in [1.54, 1.807) is 19.3 Å². The smallest absolute Gasteiger partial charge is 0.399 e. The molecule has 0 unspecified atom stereocenters. The van der Waals surface area contributed by atoms with Crippen molar-refractivity contribution in [3.63, 3.8) is 0 Å². The van der Waals surface area contributed by atoms with E-state index in [0.717, 1.165) is 5.46 Å². The van der Waals surface area contributed by atoms with Crippen molar-refractivity contribution in [2.45, 2.75) is 45.8 Å². The molecule has 0 saturated carbocycles. The van der Waals surface area contributed by atoms with Crippen molar-refractivity contribution in [3.05, 3.63) is 24.5 Å². The summed E-state index contributed by atoms with van der Waals surface area (Å²) in [6.07, 6.45) is 3.50. The predicted molar refractivity (Wildman–Crippen MR) is 72.7 cm³/mol. The molecular weight excluding hydrogens is 229 g/mol. The molecule has 1 aromatic heterocycles. The fourth-order valence-corrected chi connectivity index (χ4v) is 1.50. The van der Waals surface area contributed by atoms with Gasteiger partial charge >= 0.3 is 7.12 Å². The number of rotatable bonds is 1. The lowest BCUT2D eigenvalue weighted by Crippen LogP contribution is -2.41. The molecule has 0 atom stereocenters. The molecule has 0 aromatic carbocycles. The molecule has 1 N–H and O–H groups in total. The number of aliphatic hydroxyl groups is 1. The first-order valence-electron chi connectivity index (χ1n) is 6.20. The fourth-order valence-electron chi connectivity index (χ4n) is 1.50. The summed E-state index contributed by atoms with van der Waals surface area (Å²) in [4.78, 5) is 3.98. The Bertz CT molecular complexity index is 352. The molecular formula is C13H22BNO3. The molecule has 0 bridgehead atoms. The maximum atomic E-state index is 7.57. The van der Waals surface area contributed by atoms with E-state index < -0.39 is 0 Å². The Morgan fingerprint density at radius 1 is 1.11 bits per heavy atom. The average Bonchev–Trinajstić information content (AvgIpc) is 2.51. The molecule has 100 valence electrons. The van der Waals surface area contributed by atoms with Gasteiger partial charge in [-0.1, -0.05) is 0 Å². The molecule has 18 heavy (non-hydrogen) atoms. The van der Waals surface area contributed by atoms with Crippen molar-refractivity contribution in [1.82, 2.24) is 4.98 Å². The van der Waals surface area contributed by atoms with Crippen molar-refractivity contribution in [1.29, 1.82) is 0 Å². The first-order chi connectivity index (χ1) is 8.34. The minimum atomic E-state index is -0.280. The van der Waals surface area contributed by atoms with Gasteiger partial charge in [-0.3, -0.25) is 4.98 Å². The molecule has 5 heteroatoms. The average molecular weight is 251 g/mol. The van der Waals surface area contributed by atoms with E-state index in [9.17, 15) is 0 Å². The lowest BCUT2D eigenvalue weighted by atomic mass is 9.80. The standard InChI is InChI=1S/C11H16BNO2.C2H6O/c1-10(2)11(3,4)15-12(14-10)9-5-7-13-8-6-9;1-2-3/h5-8H,1-4H3;3H,2H2,1H3. The number of aliphatic hydroxyl groups excluding tert-OH is 1. The van der Waals surface area contributed by atoms with Gasteiger partial charge in [-0.2, -0.15) is 0 Å². The second kappa shape index (κ2) is 5.82. The molecule has 1 aromatic rings. The van der Waals surface area contributed by atoms with Crippen LogP contribution < -0.4 is 5.46 Å². The molecule has 1 fully saturated rings. The number of nitrogens with zero attached hydrogens (tertiary/aromatic N) is 1. The quantitative estimate of drug-likeness (QED) is 0.766. The SMILES string of the molecule is CC1(C)OB(c2ccncc2)OC1(C)C.CCO. The highest BCUT2D eigenvalue weighted by Crippen LogP contribution is 2.36. The van der Waals surface area contributed by atoms with Crippen LogP contribution in [0, 0.1) is 0 Å². The van der Waals surface area contributed by atoms with Crippen LogP contribution in [0.1, 0.15) is 34.6 Å². The summed E-state index contributed by atoms with van der Waals surface area (Å²) in [5, 5.41) is 7.57. The normalized spacial score (nSPS) is 20.2. The zero-order chi connectivity index (χ0) is 13.8. The third kappa shape index (κ3) is 3.31. The summed E-state index contributed by atoms with van der Waals surface area (Å²) >= 11 is 0. The highest BCUT2D eigenvalue weighted by Gasteiger charge is 2.51. The Labute approximate surface area is 109 Å². The van der Waals surface area contributed by atoms with E-state index in [1.807, 2.05) is 39.8 Å². The van der Waals surface area contributed by atoms with Crippen LogP contribution in [0.25, 0.3) is 0 Å². The van der Waals surface area contributed by atoms with Gasteiger partial charge in [0.05, 0.1) is 11.2 Å². The molecule has 1 aliphatic rings. The summed E-state index contributed by atoms with van der Waals surface area (Å²) in [5.41, 5.74) is 0.464. The van der Waals surface area contributed by atoms with Crippen LogP contribution in [0.3, 0.4) is 0 Å². The van der Waals surface area contributed by atoms with E-state index in [1.165, 1.54) is 0 Å². The van der Waals surface area contributed by atoms with Crippen LogP contribution in [0.5, 0.6) is 0 Å². The zero-order valence-corrected chi connectivity index (χ0v) is 11.8. The molecule has 4 nitrogen and oxygen atoms in total. The molecule has 2 rings (SSSR count). The minimum absolute atomic E-state index is 0.250. The molecule has 1 aliphatic heterocycles. The number of pyridine rings is 1. The molecule has 0 spiro atoms. The number of hydrogen-bond acceptors (Lipinski definition) is 4. The van der Waals surface area contributed by atoms with Crippen molar-refractivity contribution in [2.24, 2.45) is 0 Å². The van der Waals surface area contributed by atoms with Gasteiger partial charge in [0, 0.05) is 19.0 Å². The van der Waals surface area contributed by atoms with Crippen LogP contribution in [-0.4, -0.2) is 35.0 Å². The molecule has 2 heterocycles. The van der Waals surface area contributed by atoms with Crippen LogP contribution >= 0.6 is 0 Å². The van der Waals surface area contributed by atoms with Crippen molar-refractivity contribution < 1.29 is 14.4 Å². The van der Waals surface area contributed by atoms with E-state index in [0.29, 0.717) is 0 Å². The topological polar surface area (TPSA) is 51.6 Å². The lowest BCUT2D eigenvalue weighted by Gasteiger charge is -2.32. The van der Waals surface area contributed by atoms with Crippen LogP contribution in [0.2, 0.25) is 0 Å². The zero-order valence-electron chi connectivity index (χ0n) is 11.8.